The number of aliphatic hydroxyl groups is 1. The van der Waals surface area contributed by atoms with Gasteiger partial charge in [-0.1, -0.05) is 19.1 Å². The highest BCUT2D eigenvalue weighted by molar-refractivity contribution is 5.92. The second-order valence-electron chi connectivity index (χ2n) is 5.55. The van der Waals surface area contributed by atoms with Crippen molar-refractivity contribution in [2.45, 2.75) is 38.8 Å². The van der Waals surface area contributed by atoms with Crippen LogP contribution in [0.1, 0.15) is 43.2 Å². The molecular weight excluding hydrogens is 258 g/mol. The maximum Gasteiger partial charge on any atom is 0.271 e. The minimum atomic E-state index is -0.251. The van der Waals surface area contributed by atoms with E-state index in [-0.39, 0.29) is 30.5 Å². The van der Waals surface area contributed by atoms with E-state index >= 15 is 0 Å². The number of nitrogens with zero attached hydrogens (tertiary/aromatic N) is 3. The number of nitrogens with one attached hydrogen (secondary N) is 2. The van der Waals surface area contributed by atoms with Crippen LogP contribution in [-0.2, 0) is 0 Å². The zero-order valence-corrected chi connectivity index (χ0v) is 12.0. The Kier molecular flexibility index (Phi) is 5.08. The van der Waals surface area contributed by atoms with Crippen LogP contribution in [-0.4, -0.2) is 51.7 Å². The highest BCUT2D eigenvalue weighted by Crippen LogP contribution is 2.19. The van der Waals surface area contributed by atoms with E-state index in [9.17, 15) is 9.90 Å². The van der Waals surface area contributed by atoms with Crippen LogP contribution < -0.4 is 10.6 Å². The Bertz CT molecular complexity index is 440. The summed E-state index contributed by atoms with van der Waals surface area (Å²) in [5.74, 6) is -0.0477. The van der Waals surface area contributed by atoms with Crippen molar-refractivity contribution in [2.24, 2.45) is 5.92 Å². The van der Waals surface area contributed by atoms with Crippen molar-refractivity contribution in [1.82, 2.24) is 25.6 Å². The van der Waals surface area contributed by atoms with Gasteiger partial charge < -0.3 is 15.7 Å². The highest BCUT2D eigenvalue weighted by atomic mass is 16.3. The van der Waals surface area contributed by atoms with Crippen molar-refractivity contribution in [3.05, 3.63) is 11.9 Å². The Morgan fingerprint density at radius 3 is 2.85 bits per heavy atom. The standard InChI is InChI=1S/C13H23N5O2/c1-9(2)11(8-19)16-13(20)12-7-15-17-18(12)10-3-5-14-6-4-10/h7,9-11,14,19H,3-6,8H2,1-2H3,(H,16,20)/t11-/m1/s1. The van der Waals surface area contributed by atoms with Crippen LogP contribution in [0.3, 0.4) is 0 Å². The summed E-state index contributed by atoms with van der Waals surface area (Å²) in [6.07, 6.45) is 3.38. The molecule has 112 valence electrons. The van der Waals surface area contributed by atoms with E-state index in [4.69, 9.17) is 0 Å². The number of carbonyl (C=O) groups is 1. The van der Waals surface area contributed by atoms with E-state index in [1.807, 2.05) is 13.8 Å². The third-order valence-corrected chi connectivity index (χ3v) is 3.78. The number of hydrogen-bond donors (Lipinski definition) is 3. The molecule has 0 bridgehead atoms. The van der Waals surface area contributed by atoms with Crippen LogP contribution >= 0.6 is 0 Å². The molecule has 2 rings (SSSR count). The number of amides is 1. The van der Waals surface area contributed by atoms with Crippen molar-refractivity contribution < 1.29 is 9.90 Å². The van der Waals surface area contributed by atoms with Gasteiger partial charge in [0.1, 0.15) is 5.69 Å². The Morgan fingerprint density at radius 2 is 2.25 bits per heavy atom. The van der Waals surface area contributed by atoms with Crippen molar-refractivity contribution >= 4 is 5.91 Å². The SMILES string of the molecule is CC(C)[C@@H](CO)NC(=O)c1cnnn1C1CCNCC1. The fraction of sp³-hybridized carbons (Fsp3) is 0.769. The van der Waals surface area contributed by atoms with E-state index in [2.05, 4.69) is 20.9 Å². The molecule has 0 aromatic carbocycles. The monoisotopic (exact) mass is 281 g/mol. The summed E-state index contributed by atoms with van der Waals surface area (Å²) in [6.45, 7) is 5.71. The van der Waals surface area contributed by atoms with E-state index < -0.39 is 0 Å². The lowest BCUT2D eigenvalue weighted by molar-refractivity contribution is 0.0881. The van der Waals surface area contributed by atoms with Gasteiger partial charge in [0.2, 0.25) is 0 Å². The van der Waals surface area contributed by atoms with Gasteiger partial charge in [0.05, 0.1) is 24.9 Å². The molecule has 0 radical (unpaired) electrons. The normalized spacial score (nSPS) is 18.2. The van der Waals surface area contributed by atoms with Gasteiger partial charge in [-0.15, -0.1) is 5.10 Å². The van der Waals surface area contributed by atoms with Gasteiger partial charge >= 0.3 is 0 Å². The molecule has 1 fully saturated rings. The molecule has 1 amide bonds. The Labute approximate surface area is 118 Å². The molecule has 1 aliphatic rings. The average Bonchev–Trinajstić information content (AvgIpc) is 2.94. The van der Waals surface area contributed by atoms with E-state index in [1.54, 1.807) is 4.68 Å². The predicted octanol–water partition coefficient (Wildman–Crippen LogP) is -0.0507. The van der Waals surface area contributed by atoms with Crippen LogP contribution in [0.5, 0.6) is 0 Å². The Hall–Kier alpha value is -1.47. The molecule has 0 aliphatic carbocycles. The number of aliphatic hydroxyl groups excluding tert-OH is 1. The van der Waals surface area contributed by atoms with E-state index in [0.717, 1.165) is 25.9 Å². The first-order valence-electron chi connectivity index (χ1n) is 7.16. The van der Waals surface area contributed by atoms with E-state index in [1.165, 1.54) is 6.20 Å². The second kappa shape index (κ2) is 6.81. The molecule has 3 N–H and O–H groups in total. The lowest BCUT2D eigenvalue weighted by Gasteiger charge is -2.24. The molecule has 0 saturated carbocycles. The molecule has 1 atom stereocenters. The Balaban J connectivity index is 2.08. The maximum absolute atomic E-state index is 12.3. The molecule has 7 heteroatoms. The molecule has 2 heterocycles. The van der Waals surface area contributed by atoms with Gasteiger partial charge in [-0.2, -0.15) is 0 Å². The van der Waals surface area contributed by atoms with Crippen molar-refractivity contribution in [3.8, 4) is 0 Å². The first kappa shape index (κ1) is 14.9. The molecule has 1 aliphatic heterocycles. The zero-order valence-electron chi connectivity index (χ0n) is 12.0. The number of piperidine rings is 1. The van der Waals surface area contributed by atoms with Crippen LogP contribution in [0, 0.1) is 5.92 Å². The summed E-state index contributed by atoms with van der Waals surface area (Å²) in [5.41, 5.74) is 0.469. The first-order valence-corrected chi connectivity index (χ1v) is 7.16. The first-order chi connectivity index (χ1) is 9.63. The summed E-state index contributed by atoms with van der Waals surface area (Å²) in [4.78, 5) is 12.3. The van der Waals surface area contributed by atoms with Crippen LogP contribution in [0.15, 0.2) is 6.20 Å². The second-order valence-corrected chi connectivity index (χ2v) is 5.55. The van der Waals surface area contributed by atoms with Crippen molar-refractivity contribution in [1.29, 1.82) is 0 Å². The summed E-state index contributed by atoms with van der Waals surface area (Å²) in [5, 5.41) is 23.3. The number of aromatic nitrogens is 3. The molecule has 0 spiro atoms. The summed E-state index contributed by atoms with van der Waals surface area (Å²) in [7, 11) is 0. The van der Waals surface area contributed by atoms with Crippen LogP contribution in [0.25, 0.3) is 0 Å². The minimum Gasteiger partial charge on any atom is -0.394 e. The highest BCUT2D eigenvalue weighted by Gasteiger charge is 2.24. The minimum absolute atomic E-state index is 0.0711. The summed E-state index contributed by atoms with van der Waals surface area (Å²) >= 11 is 0. The molecule has 1 aromatic rings. The molecule has 7 nitrogen and oxygen atoms in total. The van der Waals surface area contributed by atoms with Gasteiger partial charge in [-0.05, 0) is 31.8 Å². The molecular formula is C13H23N5O2. The van der Waals surface area contributed by atoms with Crippen LogP contribution in [0.2, 0.25) is 0 Å². The summed E-state index contributed by atoms with van der Waals surface area (Å²) in [6, 6.07) is -0.0370. The van der Waals surface area contributed by atoms with Crippen molar-refractivity contribution in [2.75, 3.05) is 19.7 Å². The molecule has 1 aromatic heterocycles. The zero-order chi connectivity index (χ0) is 14.5. The van der Waals surface area contributed by atoms with Gasteiger partial charge in [0.25, 0.3) is 5.91 Å². The number of carbonyl (C=O) groups excluding carboxylic acids is 1. The number of hydrogen-bond acceptors (Lipinski definition) is 5. The Morgan fingerprint density at radius 1 is 1.55 bits per heavy atom. The average molecular weight is 281 g/mol. The maximum atomic E-state index is 12.3. The smallest absolute Gasteiger partial charge is 0.271 e. The largest absolute Gasteiger partial charge is 0.394 e. The third-order valence-electron chi connectivity index (χ3n) is 3.78. The molecule has 20 heavy (non-hydrogen) atoms. The van der Waals surface area contributed by atoms with Gasteiger partial charge in [-0.25, -0.2) is 4.68 Å². The summed E-state index contributed by atoms with van der Waals surface area (Å²) < 4.78 is 1.71. The van der Waals surface area contributed by atoms with Gasteiger partial charge in [0.15, 0.2) is 0 Å². The van der Waals surface area contributed by atoms with Crippen molar-refractivity contribution in [3.63, 3.8) is 0 Å². The fourth-order valence-electron chi connectivity index (χ4n) is 2.39. The predicted molar refractivity (Wildman–Crippen MR) is 74.3 cm³/mol. The third kappa shape index (κ3) is 3.34. The van der Waals surface area contributed by atoms with Gasteiger partial charge in [0, 0.05) is 0 Å². The van der Waals surface area contributed by atoms with E-state index in [0.29, 0.717) is 5.69 Å². The topological polar surface area (TPSA) is 92.1 Å². The number of rotatable bonds is 5. The van der Waals surface area contributed by atoms with Gasteiger partial charge in [-0.3, -0.25) is 4.79 Å². The quantitative estimate of drug-likeness (QED) is 0.704. The lowest BCUT2D eigenvalue weighted by Crippen LogP contribution is -2.42. The molecule has 1 saturated heterocycles. The van der Waals surface area contributed by atoms with Crippen LogP contribution in [0.4, 0.5) is 0 Å². The lowest BCUT2D eigenvalue weighted by atomic mass is 10.0. The molecule has 0 unspecified atom stereocenters. The fourth-order valence-corrected chi connectivity index (χ4v) is 2.39.